The van der Waals surface area contributed by atoms with Crippen molar-refractivity contribution in [3.05, 3.63) is 28.2 Å². The Hall–Kier alpha value is -1.41. The van der Waals surface area contributed by atoms with Gasteiger partial charge in [0.15, 0.2) is 22.7 Å². The molecule has 1 amide bonds. The number of ether oxygens (including phenoxy) is 1. The lowest BCUT2D eigenvalue weighted by atomic mass is 10.2. The van der Waals surface area contributed by atoms with Crippen LogP contribution in [0.1, 0.15) is 23.7 Å². The van der Waals surface area contributed by atoms with Crippen LogP contribution in [0, 0.1) is 0 Å². The quantitative estimate of drug-likeness (QED) is 0.674. The number of aldehydes is 1. The summed E-state index contributed by atoms with van der Waals surface area (Å²) in [6.07, 6.45) is 1.12. The molecule has 0 spiro atoms. The number of rotatable bonds is 6. The van der Waals surface area contributed by atoms with Crippen LogP contribution in [0.2, 0.25) is 0 Å². The van der Waals surface area contributed by atoms with Crippen LogP contribution in [0.4, 0.5) is 0 Å². The molecule has 1 atom stereocenters. The van der Waals surface area contributed by atoms with E-state index >= 15 is 0 Å². The van der Waals surface area contributed by atoms with Gasteiger partial charge in [0.1, 0.15) is 5.75 Å². The molecule has 1 aliphatic rings. The van der Waals surface area contributed by atoms with Crippen molar-refractivity contribution in [2.75, 3.05) is 24.7 Å². The van der Waals surface area contributed by atoms with Crippen LogP contribution in [-0.4, -0.2) is 56.2 Å². The molecule has 6 nitrogen and oxygen atoms in total. The Morgan fingerprint density at radius 3 is 2.78 bits per heavy atom. The zero-order valence-electron chi connectivity index (χ0n) is 12.7. The van der Waals surface area contributed by atoms with E-state index in [2.05, 4.69) is 15.9 Å². The van der Waals surface area contributed by atoms with Crippen molar-refractivity contribution in [3.63, 3.8) is 0 Å². The van der Waals surface area contributed by atoms with Crippen molar-refractivity contribution in [3.8, 4) is 5.75 Å². The summed E-state index contributed by atoms with van der Waals surface area (Å²) in [4.78, 5) is 24.9. The Morgan fingerprint density at radius 1 is 1.48 bits per heavy atom. The Balaban J connectivity index is 2.02. The maximum absolute atomic E-state index is 12.3. The highest BCUT2D eigenvalue weighted by atomic mass is 79.9. The zero-order chi connectivity index (χ0) is 17.0. The van der Waals surface area contributed by atoms with Crippen LogP contribution >= 0.6 is 15.9 Å². The summed E-state index contributed by atoms with van der Waals surface area (Å²) >= 11 is 3.26. The van der Waals surface area contributed by atoms with E-state index in [1.54, 1.807) is 25.1 Å². The van der Waals surface area contributed by atoms with Crippen LogP contribution < -0.4 is 4.74 Å². The zero-order valence-corrected chi connectivity index (χ0v) is 15.1. The van der Waals surface area contributed by atoms with Crippen LogP contribution in [0.3, 0.4) is 0 Å². The molecule has 1 aliphatic heterocycles. The van der Waals surface area contributed by atoms with Gasteiger partial charge in [0.25, 0.3) is 5.91 Å². The van der Waals surface area contributed by atoms with Gasteiger partial charge in [-0.3, -0.25) is 9.59 Å². The molecule has 23 heavy (non-hydrogen) atoms. The van der Waals surface area contributed by atoms with Crippen LogP contribution in [0.15, 0.2) is 22.7 Å². The molecule has 1 heterocycles. The highest BCUT2D eigenvalue weighted by molar-refractivity contribution is 9.10. The van der Waals surface area contributed by atoms with Gasteiger partial charge in [-0.15, -0.1) is 0 Å². The predicted octanol–water partition coefficient (Wildman–Crippen LogP) is 1.68. The van der Waals surface area contributed by atoms with Crippen molar-refractivity contribution < 1.29 is 22.7 Å². The smallest absolute Gasteiger partial charge is 0.260 e. The molecule has 0 aliphatic carbocycles. The molecular weight excluding hydrogens is 386 g/mol. The summed E-state index contributed by atoms with van der Waals surface area (Å²) in [7, 11) is -3.05. The number of halogens is 1. The molecular formula is C15H18BrNO5S. The first-order valence-corrected chi connectivity index (χ1v) is 9.85. The molecule has 1 saturated heterocycles. The number of hydrogen-bond donors (Lipinski definition) is 0. The number of likely N-dealkylation sites (N-methyl/N-ethyl adjacent to an activating group) is 1. The summed E-state index contributed by atoms with van der Waals surface area (Å²) in [5.74, 6) is 0.162. The van der Waals surface area contributed by atoms with E-state index < -0.39 is 9.84 Å². The number of carbonyl (C=O) groups excluding carboxylic acids is 2. The molecule has 126 valence electrons. The number of carbonyl (C=O) groups is 2. The maximum Gasteiger partial charge on any atom is 0.260 e. The third kappa shape index (κ3) is 4.54. The summed E-state index contributed by atoms with van der Waals surface area (Å²) in [5, 5.41) is 0. The maximum atomic E-state index is 12.3. The van der Waals surface area contributed by atoms with Gasteiger partial charge in [-0.05, 0) is 31.5 Å². The molecule has 0 saturated carbocycles. The van der Waals surface area contributed by atoms with E-state index in [1.807, 2.05) is 0 Å². The molecule has 2 rings (SSSR count). The highest BCUT2D eigenvalue weighted by Gasteiger charge is 2.33. The Kier molecular flexibility index (Phi) is 5.80. The van der Waals surface area contributed by atoms with Crippen molar-refractivity contribution in [1.82, 2.24) is 4.90 Å². The molecule has 0 aromatic heterocycles. The minimum atomic E-state index is -3.05. The first-order chi connectivity index (χ1) is 10.9. The van der Waals surface area contributed by atoms with Gasteiger partial charge in [-0.2, -0.15) is 0 Å². The Labute approximate surface area is 143 Å². The van der Waals surface area contributed by atoms with Crippen LogP contribution in [0.5, 0.6) is 5.75 Å². The van der Waals surface area contributed by atoms with Crippen molar-refractivity contribution >= 4 is 38.0 Å². The van der Waals surface area contributed by atoms with E-state index in [0.717, 1.165) is 4.47 Å². The summed E-state index contributed by atoms with van der Waals surface area (Å²) in [5.41, 5.74) is 0.346. The fourth-order valence-electron chi connectivity index (χ4n) is 2.62. The monoisotopic (exact) mass is 403 g/mol. The largest absolute Gasteiger partial charge is 0.483 e. The molecule has 8 heteroatoms. The lowest BCUT2D eigenvalue weighted by Gasteiger charge is -2.26. The average molecular weight is 404 g/mol. The standard InChI is InChI=1S/C15H18BrNO5S/c1-2-17(13-5-6-23(20,21)10-13)15(19)9-22-14-4-3-12(16)7-11(14)8-18/h3-4,7-8,13H,2,5-6,9-10H2,1H3/t13-/m0/s1. The molecule has 0 N–H and O–H groups in total. The fourth-order valence-corrected chi connectivity index (χ4v) is 4.73. The molecule has 0 unspecified atom stereocenters. The van der Waals surface area contributed by atoms with E-state index in [1.165, 1.54) is 4.90 Å². The van der Waals surface area contributed by atoms with Crippen LogP contribution in [0.25, 0.3) is 0 Å². The third-order valence-corrected chi connectivity index (χ3v) is 6.00. The topological polar surface area (TPSA) is 80.8 Å². The SMILES string of the molecule is CCN(C(=O)COc1ccc(Br)cc1C=O)[C@H]1CCS(=O)(=O)C1. The van der Waals surface area contributed by atoms with E-state index in [-0.39, 0.29) is 30.1 Å². The van der Waals surface area contributed by atoms with E-state index in [0.29, 0.717) is 30.6 Å². The van der Waals surface area contributed by atoms with Crippen molar-refractivity contribution in [1.29, 1.82) is 0 Å². The van der Waals surface area contributed by atoms with Gasteiger partial charge in [0, 0.05) is 17.1 Å². The van der Waals surface area contributed by atoms with E-state index in [4.69, 9.17) is 4.74 Å². The number of hydrogen-bond acceptors (Lipinski definition) is 5. The minimum Gasteiger partial charge on any atom is -0.483 e. The van der Waals surface area contributed by atoms with E-state index in [9.17, 15) is 18.0 Å². The first kappa shape index (κ1) is 17.9. The van der Waals surface area contributed by atoms with Gasteiger partial charge in [-0.1, -0.05) is 15.9 Å². The number of nitrogens with zero attached hydrogens (tertiary/aromatic N) is 1. The second kappa shape index (κ2) is 7.44. The predicted molar refractivity (Wildman–Crippen MR) is 89.5 cm³/mol. The second-order valence-electron chi connectivity index (χ2n) is 5.33. The normalized spacial score (nSPS) is 19.3. The molecule has 1 aromatic carbocycles. The Bertz CT molecular complexity index is 704. The average Bonchev–Trinajstić information content (AvgIpc) is 2.86. The summed E-state index contributed by atoms with van der Waals surface area (Å²) in [6, 6.07) is 4.64. The van der Waals surface area contributed by atoms with Gasteiger partial charge >= 0.3 is 0 Å². The summed E-state index contributed by atoms with van der Waals surface area (Å²) < 4.78 is 29.3. The van der Waals surface area contributed by atoms with Gasteiger partial charge in [0.2, 0.25) is 0 Å². The highest BCUT2D eigenvalue weighted by Crippen LogP contribution is 2.22. The lowest BCUT2D eigenvalue weighted by molar-refractivity contribution is -0.135. The molecule has 0 radical (unpaired) electrons. The van der Waals surface area contributed by atoms with Crippen molar-refractivity contribution in [2.24, 2.45) is 0 Å². The number of benzene rings is 1. The lowest BCUT2D eigenvalue weighted by Crippen LogP contribution is -2.43. The van der Waals surface area contributed by atoms with Crippen LogP contribution in [-0.2, 0) is 14.6 Å². The second-order valence-corrected chi connectivity index (χ2v) is 8.47. The molecule has 1 fully saturated rings. The minimum absolute atomic E-state index is 0.00442. The molecule has 1 aromatic rings. The van der Waals surface area contributed by atoms with Gasteiger partial charge in [-0.25, -0.2) is 8.42 Å². The van der Waals surface area contributed by atoms with Crippen molar-refractivity contribution in [2.45, 2.75) is 19.4 Å². The number of amides is 1. The van der Waals surface area contributed by atoms with Gasteiger partial charge < -0.3 is 9.64 Å². The fraction of sp³-hybridized carbons (Fsp3) is 0.467. The number of sulfone groups is 1. The molecule has 0 bridgehead atoms. The van der Waals surface area contributed by atoms with Gasteiger partial charge in [0.05, 0.1) is 17.1 Å². The summed E-state index contributed by atoms with van der Waals surface area (Å²) in [6.45, 7) is 2.00. The Morgan fingerprint density at radius 2 is 2.22 bits per heavy atom. The third-order valence-electron chi connectivity index (χ3n) is 3.76. The first-order valence-electron chi connectivity index (χ1n) is 7.23.